The SMILES string of the molecule is O=C(C=Cc1ccc2c(c1)CCC2N(CCOC(=O)NCc1ccccc1)CCc1c[nH]c2ccccc12)NO. The molecule has 4 N–H and O–H groups in total. The maximum absolute atomic E-state index is 12.4. The maximum atomic E-state index is 12.4. The third kappa shape index (κ3) is 6.77. The Morgan fingerprint density at radius 2 is 1.88 bits per heavy atom. The van der Waals surface area contributed by atoms with Gasteiger partial charge in [0.2, 0.25) is 0 Å². The predicted octanol–water partition coefficient (Wildman–Crippen LogP) is 5.14. The summed E-state index contributed by atoms with van der Waals surface area (Å²) in [6.07, 6.45) is 7.42. The van der Waals surface area contributed by atoms with Crippen LogP contribution in [0.4, 0.5) is 4.79 Å². The van der Waals surface area contributed by atoms with Crippen LogP contribution in [0.1, 0.15) is 40.3 Å². The Labute approximate surface area is 233 Å². The third-order valence-electron chi connectivity index (χ3n) is 7.43. The minimum atomic E-state index is -0.561. The number of aromatic amines is 1. The summed E-state index contributed by atoms with van der Waals surface area (Å²) < 4.78 is 5.57. The molecule has 0 spiro atoms. The van der Waals surface area contributed by atoms with Crippen molar-refractivity contribution < 1.29 is 19.5 Å². The minimum absolute atomic E-state index is 0.204. The number of alkyl carbamates (subject to hydrolysis) is 1. The molecule has 1 unspecified atom stereocenters. The average molecular weight is 539 g/mol. The minimum Gasteiger partial charge on any atom is -0.448 e. The molecule has 0 aliphatic heterocycles. The topological polar surface area (TPSA) is 107 Å². The molecule has 0 bridgehead atoms. The monoisotopic (exact) mass is 538 g/mol. The highest BCUT2D eigenvalue weighted by Crippen LogP contribution is 2.36. The van der Waals surface area contributed by atoms with Crippen molar-refractivity contribution in [3.05, 3.63) is 113 Å². The van der Waals surface area contributed by atoms with Gasteiger partial charge in [-0.15, -0.1) is 0 Å². The quantitative estimate of drug-likeness (QED) is 0.120. The van der Waals surface area contributed by atoms with Crippen LogP contribution in [0, 0.1) is 0 Å². The smallest absolute Gasteiger partial charge is 0.407 e. The molecule has 1 aliphatic carbocycles. The highest BCUT2D eigenvalue weighted by atomic mass is 16.5. The summed E-state index contributed by atoms with van der Waals surface area (Å²) in [4.78, 5) is 29.5. The molecule has 3 aromatic carbocycles. The summed E-state index contributed by atoms with van der Waals surface area (Å²) in [5, 5.41) is 12.8. The zero-order chi connectivity index (χ0) is 27.7. The maximum Gasteiger partial charge on any atom is 0.407 e. The lowest BCUT2D eigenvalue weighted by molar-refractivity contribution is -0.124. The summed E-state index contributed by atoms with van der Waals surface area (Å²) in [6.45, 7) is 2.15. The molecule has 40 heavy (non-hydrogen) atoms. The lowest BCUT2D eigenvalue weighted by Gasteiger charge is -2.29. The molecular formula is C32H34N4O4. The molecule has 5 rings (SSSR count). The number of amides is 2. The molecular weight excluding hydrogens is 504 g/mol. The predicted molar refractivity (Wildman–Crippen MR) is 155 cm³/mol. The van der Waals surface area contributed by atoms with E-state index in [0.29, 0.717) is 13.1 Å². The number of rotatable bonds is 11. The Kier molecular flexibility index (Phi) is 8.90. The number of para-hydroxylation sites is 1. The Bertz CT molecular complexity index is 1480. The van der Waals surface area contributed by atoms with Crippen LogP contribution < -0.4 is 10.8 Å². The van der Waals surface area contributed by atoms with Crippen molar-refractivity contribution in [3.63, 3.8) is 0 Å². The van der Waals surface area contributed by atoms with E-state index in [-0.39, 0.29) is 12.6 Å². The number of ether oxygens (including phenoxy) is 1. The van der Waals surface area contributed by atoms with Gasteiger partial charge < -0.3 is 15.0 Å². The molecule has 0 radical (unpaired) electrons. The number of hydrogen-bond acceptors (Lipinski definition) is 5. The van der Waals surface area contributed by atoms with Gasteiger partial charge in [-0.1, -0.05) is 66.7 Å². The van der Waals surface area contributed by atoms with Crippen LogP contribution >= 0.6 is 0 Å². The third-order valence-corrected chi connectivity index (χ3v) is 7.43. The van der Waals surface area contributed by atoms with Crippen molar-refractivity contribution in [1.82, 2.24) is 20.7 Å². The molecule has 1 aromatic heterocycles. The normalized spacial score (nSPS) is 14.5. The molecule has 0 saturated heterocycles. The Hall–Kier alpha value is -4.40. The fraction of sp³-hybridized carbons (Fsp3) is 0.250. The van der Waals surface area contributed by atoms with Crippen LogP contribution in [0.15, 0.2) is 85.1 Å². The van der Waals surface area contributed by atoms with E-state index in [4.69, 9.17) is 9.94 Å². The van der Waals surface area contributed by atoms with E-state index in [0.717, 1.165) is 42.5 Å². The largest absolute Gasteiger partial charge is 0.448 e. The molecule has 206 valence electrons. The number of fused-ring (bicyclic) bond motifs is 2. The summed E-state index contributed by atoms with van der Waals surface area (Å²) in [5.41, 5.74) is 8.45. The summed E-state index contributed by atoms with van der Waals surface area (Å²) in [6, 6.07) is 24.5. The van der Waals surface area contributed by atoms with Crippen LogP contribution in [0.25, 0.3) is 17.0 Å². The lowest BCUT2D eigenvalue weighted by atomic mass is 10.0. The van der Waals surface area contributed by atoms with Crippen LogP contribution in [0.3, 0.4) is 0 Å². The number of H-pyrrole nitrogens is 1. The van der Waals surface area contributed by atoms with Gasteiger partial charge in [0.15, 0.2) is 0 Å². The number of nitrogens with one attached hydrogen (secondary N) is 3. The number of hydrogen-bond donors (Lipinski definition) is 4. The van der Waals surface area contributed by atoms with E-state index in [1.807, 2.05) is 42.5 Å². The van der Waals surface area contributed by atoms with Crippen molar-refractivity contribution in [2.45, 2.75) is 31.8 Å². The molecule has 1 atom stereocenters. The number of benzene rings is 3. The van der Waals surface area contributed by atoms with Gasteiger partial charge in [0.25, 0.3) is 5.91 Å². The zero-order valence-corrected chi connectivity index (χ0v) is 22.3. The highest BCUT2D eigenvalue weighted by molar-refractivity contribution is 5.90. The van der Waals surface area contributed by atoms with Crippen molar-refractivity contribution in [3.8, 4) is 0 Å². The Morgan fingerprint density at radius 1 is 1.05 bits per heavy atom. The number of carbonyl (C=O) groups is 2. The fourth-order valence-corrected chi connectivity index (χ4v) is 5.41. The Morgan fingerprint density at radius 3 is 2.73 bits per heavy atom. The standard InChI is InChI=1S/C32H34N4O4/c37-31(35-39)15-11-23-10-13-28-25(20-23)12-14-30(28)36(17-16-26-22-33-29-9-5-4-8-27(26)29)18-19-40-32(38)34-21-24-6-2-1-3-7-24/h1-11,13,15,20,22,30,33,39H,12,14,16-19,21H2,(H,34,38)(H,35,37). The van der Waals surface area contributed by atoms with E-state index in [9.17, 15) is 9.59 Å². The molecule has 4 aromatic rings. The summed E-state index contributed by atoms with van der Waals surface area (Å²) in [7, 11) is 0. The van der Waals surface area contributed by atoms with E-state index >= 15 is 0 Å². The first-order valence-electron chi connectivity index (χ1n) is 13.6. The van der Waals surface area contributed by atoms with Gasteiger partial charge in [-0.2, -0.15) is 0 Å². The van der Waals surface area contributed by atoms with Gasteiger partial charge in [0.1, 0.15) is 6.61 Å². The molecule has 1 heterocycles. The number of aromatic nitrogens is 1. The van der Waals surface area contributed by atoms with Crippen molar-refractivity contribution in [1.29, 1.82) is 0 Å². The Balaban J connectivity index is 1.26. The molecule has 8 nitrogen and oxygen atoms in total. The second-order valence-corrected chi connectivity index (χ2v) is 9.94. The van der Waals surface area contributed by atoms with Crippen LogP contribution in [-0.4, -0.2) is 46.8 Å². The van der Waals surface area contributed by atoms with Gasteiger partial charge in [-0.3, -0.25) is 14.9 Å². The highest BCUT2D eigenvalue weighted by Gasteiger charge is 2.28. The summed E-state index contributed by atoms with van der Waals surface area (Å²) in [5.74, 6) is -0.561. The van der Waals surface area contributed by atoms with Gasteiger partial charge >= 0.3 is 6.09 Å². The van der Waals surface area contributed by atoms with E-state index in [1.165, 1.54) is 28.2 Å². The molecule has 2 amide bonds. The molecule has 0 saturated carbocycles. The molecule has 0 fully saturated rings. The molecule has 8 heteroatoms. The van der Waals surface area contributed by atoms with Crippen LogP contribution in [0.5, 0.6) is 0 Å². The van der Waals surface area contributed by atoms with Gasteiger partial charge in [-0.05, 0) is 59.2 Å². The van der Waals surface area contributed by atoms with Crippen molar-refractivity contribution in [2.24, 2.45) is 0 Å². The number of carbonyl (C=O) groups excluding carboxylic acids is 2. The van der Waals surface area contributed by atoms with Gasteiger partial charge in [-0.25, -0.2) is 10.3 Å². The number of hydroxylamine groups is 1. The van der Waals surface area contributed by atoms with Gasteiger partial charge in [0, 0.05) is 48.9 Å². The zero-order valence-electron chi connectivity index (χ0n) is 22.3. The second kappa shape index (κ2) is 13.1. The number of nitrogens with zero attached hydrogens (tertiary/aromatic N) is 1. The van der Waals surface area contributed by atoms with Crippen LogP contribution in [0.2, 0.25) is 0 Å². The van der Waals surface area contributed by atoms with E-state index in [1.54, 1.807) is 11.6 Å². The number of aryl methyl sites for hydroxylation is 1. The van der Waals surface area contributed by atoms with Crippen LogP contribution in [-0.2, 0) is 28.9 Å². The average Bonchev–Trinajstić information content (AvgIpc) is 3.61. The van der Waals surface area contributed by atoms with Crippen molar-refractivity contribution in [2.75, 3.05) is 19.7 Å². The first-order valence-corrected chi connectivity index (χ1v) is 13.6. The first-order chi connectivity index (χ1) is 19.6. The fourth-order valence-electron chi connectivity index (χ4n) is 5.41. The second-order valence-electron chi connectivity index (χ2n) is 9.94. The van der Waals surface area contributed by atoms with E-state index in [2.05, 4.69) is 51.7 Å². The first kappa shape index (κ1) is 27.2. The summed E-state index contributed by atoms with van der Waals surface area (Å²) >= 11 is 0. The lowest BCUT2D eigenvalue weighted by Crippen LogP contribution is -2.34. The van der Waals surface area contributed by atoms with Gasteiger partial charge in [0.05, 0.1) is 0 Å². The van der Waals surface area contributed by atoms with E-state index < -0.39 is 12.0 Å². The van der Waals surface area contributed by atoms with Crippen molar-refractivity contribution >= 4 is 29.0 Å². The molecule has 1 aliphatic rings.